The number of anilines is 1. The lowest BCUT2D eigenvalue weighted by molar-refractivity contribution is 0.0549. The first-order valence-electron chi connectivity index (χ1n) is 12.1. The normalized spacial score (nSPS) is 16.9. The van der Waals surface area contributed by atoms with Gasteiger partial charge in [-0.25, -0.2) is 4.98 Å². The summed E-state index contributed by atoms with van der Waals surface area (Å²) in [6.45, 7) is 0.143. The fourth-order valence-electron chi connectivity index (χ4n) is 4.05. The van der Waals surface area contributed by atoms with Gasteiger partial charge in [0, 0.05) is 12.6 Å². The van der Waals surface area contributed by atoms with Crippen molar-refractivity contribution in [2.24, 2.45) is 0 Å². The van der Waals surface area contributed by atoms with Gasteiger partial charge in [-0.2, -0.15) is 0 Å². The minimum Gasteiger partial charge on any atom is -0.465 e. The molecule has 2 aliphatic heterocycles. The monoisotopic (exact) mass is 512 g/mol. The standard InChI is InChI=1S/C28H24N4O6/c1-3-8-19(9-4-1)14-22(24-16-34-18-35-24)37-26-21(12-7-13-29-26)27-31-32-28(38-27)30-25-17-33-15-23(36-25)20-10-5-2-6-11-20/h1-5,7-10,12-13,15-17,22H,6,11,14,18H2,(H,30,32). The van der Waals surface area contributed by atoms with Crippen LogP contribution in [0.5, 0.6) is 5.88 Å². The van der Waals surface area contributed by atoms with E-state index in [0.717, 1.165) is 24.0 Å². The maximum atomic E-state index is 6.32. The fraction of sp³-hybridized carbons (Fsp3) is 0.179. The molecular weight excluding hydrogens is 488 g/mol. The number of rotatable bonds is 9. The third kappa shape index (κ3) is 5.39. The molecule has 1 aromatic carbocycles. The molecule has 0 saturated carbocycles. The van der Waals surface area contributed by atoms with E-state index < -0.39 is 6.10 Å². The van der Waals surface area contributed by atoms with Crippen molar-refractivity contribution in [1.82, 2.24) is 15.2 Å². The molecule has 1 atom stereocenters. The average Bonchev–Trinajstić information content (AvgIpc) is 3.67. The molecule has 3 aliphatic rings. The Balaban J connectivity index is 1.18. The number of hydrogen-bond donors (Lipinski definition) is 1. The lowest BCUT2D eigenvalue weighted by Crippen LogP contribution is -2.23. The number of pyridine rings is 1. The third-order valence-corrected chi connectivity index (χ3v) is 5.89. The number of allylic oxidation sites excluding steroid dienone is 4. The summed E-state index contributed by atoms with van der Waals surface area (Å²) in [5.74, 6) is 2.06. The highest BCUT2D eigenvalue weighted by Crippen LogP contribution is 2.32. The van der Waals surface area contributed by atoms with Crippen molar-refractivity contribution in [2.45, 2.75) is 25.4 Å². The molecule has 4 heterocycles. The van der Waals surface area contributed by atoms with Crippen molar-refractivity contribution in [3.63, 3.8) is 0 Å². The SMILES string of the molecule is C1=CCCC(C2=COC=C(Nc3nnc(-c4cccnc4OC(Cc4ccccc4)C4=COCO4)o3)O2)=C1. The Morgan fingerprint density at radius 3 is 2.82 bits per heavy atom. The zero-order valence-electron chi connectivity index (χ0n) is 20.3. The van der Waals surface area contributed by atoms with Crippen LogP contribution in [-0.4, -0.2) is 28.1 Å². The summed E-state index contributed by atoms with van der Waals surface area (Å²) >= 11 is 0. The van der Waals surface area contributed by atoms with Crippen LogP contribution < -0.4 is 10.1 Å². The predicted octanol–water partition coefficient (Wildman–Crippen LogP) is 5.34. The van der Waals surface area contributed by atoms with Gasteiger partial charge in [0.1, 0.15) is 18.1 Å². The number of nitrogens with zero attached hydrogens (tertiary/aromatic N) is 3. The van der Waals surface area contributed by atoms with Crippen LogP contribution >= 0.6 is 0 Å². The molecule has 2 aromatic heterocycles. The van der Waals surface area contributed by atoms with Crippen LogP contribution in [0.4, 0.5) is 6.01 Å². The highest BCUT2D eigenvalue weighted by atomic mass is 16.7. The number of nitrogens with one attached hydrogen (secondary N) is 1. The van der Waals surface area contributed by atoms with E-state index in [0.29, 0.717) is 35.3 Å². The molecule has 1 unspecified atom stereocenters. The Bertz CT molecular complexity index is 1440. The van der Waals surface area contributed by atoms with E-state index in [4.69, 9.17) is 28.1 Å². The van der Waals surface area contributed by atoms with Gasteiger partial charge in [-0.1, -0.05) is 53.7 Å². The van der Waals surface area contributed by atoms with Gasteiger partial charge in [0.25, 0.3) is 5.89 Å². The second-order valence-electron chi connectivity index (χ2n) is 8.50. The maximum absolute atomic E-state index is 6.32. The van der Waals surface area contributed by atoms with Gasteiger partial charge < -0.3 is 28.1 Å². The van der Waals surface area contributed by atoms with Crippen LogP contribution in [0.3, 0.4) is 0 Å². The first-order valence-corrected chi connectivity index (χ1v) is 12.1. The lowest BCUT2D eigenvalue weighted by atomic mass is 10.0. The molecule has 0 radical (unpaired) electrons. The van der Waals surface area contributed by atoms with Crippen molar-refractivity contribution < 1.29 is 28.1 Å². The molecule has 10 nitrogen and oxygen atoms in total. The third-order valence-electron chi connectivity index (χ3n) is 5.89. The van der Waals surface area contributed by atoms with Gasteiger partial charge in [-0.3, -0.25) is 5.32 Å². The topological polar surface area (TPSA) is 110 Å². The second kappa shape index (κ2) is 11.0. The number of ether oxygens (including phenoxy) is 5. The van der Waals surface area contributed by atoms with E-state index in [1.54, 1.807) is 30.9 Å². The first-order chi connectivity index (χ1) is 18.8. The van der Waals surface area contributed by atoms with Crippen molar-refractivity contribution in [2.75, 3.05) is 12.1 Å². The summed E-state index contributed by atoms with van der Waals surface area (Å²) < 4.78 is 34.5. The van der Waals surface area contributed by atoms with E-state index in [9.17, 15) is 0 Å². The fourth-order valence-corrected chi connectivity index (χ4v) is 4.05. The quantitative estimate of drug-likeness (QED) is 0.403. The van der Waals surface area contributed by atoms with Gasteiger partial charge in [-0.05, 0) is 36.1 Å². The molecule has 1 N–H and O–H groups in total. The maximum Gasteiger partial charge on any atom is 0.322 e. The van der Waals surface area contributed by atoms with Gasteiger partial charge in [0.2, 0.25) is 18.6 Å². The highest BCUT2D eigenvalue weighted by Gasteiger charge is 2.26. The zero-order chi connectivity index (χ0) is 25.6. The van der Waals surface area contributed by atoms with Crippen molar-refractivity contribution in [1.29, 1.82) is 0 Å². The molecule has 10 heteroatoms. The summed E-state index contributed by atoms with van der Waals surface area (Å²) in [6.07, 6.45) is 14.2. The Labute approximate surface area is 218 Å². The van der Waals surface area contributed by atoms with E-state index in [2.05, 4.69) is 26.6 Å². The van der Waals surface area contributed by atoms with Crippen LogP contribution in [0, 0.1) is 0 Å². The van der Waals surface area contributed by atoms with Gasteiger partial charge >= 0.3 is 6.01 Å². The van der Waals surface area contributed by atoms with E-state index >= 15 is 0 Å². The minimum atomic E-state index is -0.471. The van der Waals surface area contributed by atoms with Crippen LogP contribution in [0.25, 0.3) is 11.5 Å². The van der Waals surface area contributed by atoms with Crippen LogP contribution in [0.1, 0.15) is 18.4 Å². The van der Waals surface area contributed by atoms with Crippen LogP contribution in [-0.2, 0) is 25.4 Å². The first kappa shape index (κ1) is 23.4. The minimum absolute atomic E-state index is 0.125. The summed E-state index contributed by atoms with van der Waals surface area (Å²) in [5, 5.41) is 11.2. The molecule has 0 fully saturated rings. The number of benzene rings is 1. The Morgan fingerprint density at radius 2 is 1.97 bits per heavy atom. The highest BCUT2D eigenvalue weighted by molar-refractivity contribution is 5.60. The van der Waals surface area contributed by atoms with Gasteiger partial charge in [0.05, 0.1) is 0 Å². The Kier molecular flexibility index (Phi) is 6.75. The van der Waals surface area contributed by atoms with Crippen molar-refractivity contribution in [3.8, 4) is 17.3 Å². The molecule has 0 saturated heterocycles. The molecule has 0 bridgehead atoms. The van der Waals surface area contributed by atoms with Crippen LogP contribution in [0.2, 0.25) is 0 Å². The van der Waals surface area contributed by atoms with Gasteiger partial charge in [0.15, 0.2) is 23.9 Å². The Morgan fingerprint density at radius 1 is 1.03 bits per heavy atom. The molecule has 0 spiro atoms. The van der Waals surface area contributed by atoms with E-state index in [1.807, 2.05) is 42.5 Å². The largest absolute Gasteiger partial charge is 0.465 e. The summed E-state index contributed by atoms with van der Waals surface area (Å²) in [4.78, 5) is 4.43. The van der Waals surface area contributed by atoms with Crippen molar-refractivity contribution in [3.05, 3.63) is 114 Å². The second-order valence-corrected chi connectivity index (χ2v) is 8.50. The zero-order valence-corrected chi connectivity index (χ0v) is 20.3. The summed E-state index contributed by atoms with van der Waals surface area (Å²) in [6, 6.07) is 13.7. The van der Waals surface area contributed by atoms with Gasteiger partial charge in [-0.15, -0.1) is 5.10 Å². The van der Waals surface area contributed by atoms with Crippen molar-refractivity contribution >= 4 is 6.01 Å². The molecule has 192 valence electrons. The number of hydrogen-bond acceptors (Lipinski definition) is 10. The van der Waals surface area contributed by atoms with E-state index in [1.165, 1.54) is 6.26 Å². The summed E-state index contributed by atoms with van der Waals surface area (Å²) in [7, 11) is 0. The van der Waals surface area contributed by atoms with E-state index in [-0.39, 0.29) is 18.7 Å². The Hall–Kier alpha value is -4.99. The predicted molar refractivity (Wildman–Crippen MR) is 136 cm³/mol. The van der Waals surface area contributed by atoms with Crippen LogP contribution in [0.15, 0.2) is 113 Å². The molecule has 0 amide bonds. The summed E-state index contributed by atoms with van der Waals surface area (Å²) in [5.41, 5.74) is 2.65. The average molecular weight is 513 g/mol. The molecule has 3 aromatic rings. The smallest absolute Gasteiger partial charge is 0.322 e. The number of aromatic nitrogens is 3. The molecule has 1 aliphatic carbocycles. The molecular formula is C28H24N4O6. The molecule has 6 rings (SSSR count). The molecule has 38 heavy (non-hydrogen) atoms. The lowest BCUT2D eigenvalue weighted by Gasteiger charge is -2.19.